The Kier molecular flexibility index (Phi) is 5.81. The molecule has 0 unspecified atom stereocenters. The normalized spacial score (nSPS) is 13.0. The third-order valence-electron chi connectivity index (χ3n) is 2.86. The fraction of sp³-hybridized carbons (Fsp3) is 0.429. The van der Waals surface area contributed by atoms with Crippen LogP contribution in [0, 0.1) is 21.4 Å². The third-order valence-corrected chi connectivity index (χ3v) is 2.86. The summed E-state index contributed by atoms with van der Waals surface area (Å²) >= 11 is 0. The summed E-state index contributed by atoms with van der Waals surface area (Å²) in [5.41, 5.74) is -0.381. The number of nitro benzene ring substituents is 1. The second-order valence-corrected chi connectivity index (χ2v) is 4.85. The third kappa shape index (κ3) is 5.20. The van der Waals surface area contributed by atoms with Crippen molar-refractivity contribution in [1.29, 1.82) is 5.26 Å². The lowest BCUT2D eigenvalue weighted by molar-refractivity contribution is -0.384. The van der Waals surface area contributed by atoms with Crippen molar-refractivity contribution in [2.45, 2.75) is 25.3 Å². The van der Waals surface area contributed by atoms with Gasteiger partial charge in [0.15, 0.2) is 0 Å². The maximum atomic E-state index is 11.8. The number of nitrogens with zero attached hydrogens (tertiary/aromatic N) is 2. The first kappa shape index (κ1) is 16.6. The highest BCUT2D eigenvalue weighted by Crippen LogP contribution is 2.14. The molecule has 21 heavy (non-hydrogen) atoms. The average Bonchev–Trinajstić information content (AvgIpc) is 2.45. The quantitative estimate of drug-likeness (QED) is 0.606. The lowest BCUT2D eigenvalue weighted by Gasteiger charge is -2.22. The number of amides is 1. The number of nitriles is 1. The average molecular weight is 291 g/mol. The molecule has 1 N–H and O–H groups in total. The zero-order valence-corrected chi connectivity index (χ0v) is 12.0. The van der Waals surface area contributed by atoms with Crippen molar-refractivity contribution in [3.05, 3.63) is 39.9 Å². The van der Waals surface area contributed by atoms with E-state index in [2.05, 4.69) is 5.32 Å². The molecule has 112 valence electrons. The summed E-state index contributed by atoms with van der Waals surface area (Å²) < 4.78 is 4.89. The van der Waals surface area contributed by atoms with Gasteiger partial charge in [-0.25, -0.2) is 0 Å². The van der Waals surface area contributed by atoms with Crippen LogP contribution < -0.4 is 5.32 Å². The lowest BCUT2D eigenvalue weighted by Crippen LogP contribution is -2.48. The Morgan fingerprint density at radius 2 is 2.29 bits per heavy atom. The molecule has 7 nitrogen and oxygen atoms in total. The highest BCUT2D eigenvalue weighted by Gasteiger charge is 2.25. The summed E-state index contributed by atoms with van der Waals surface area (Å²) in [7, 11) is 1.45. The molecule has 0 bridgehead atoms. The minimum Gasteiger partial charge on any atom is -0.381 e. The Morgan fingerprint density at radius 3 is 2.86 bits per heavy atom. The van der Waals surface area contributed by atoms with Gasteiger partial charge in [-0.3, -0.25) is 14.9 Å². The second-order valence-electron chi connectivity index (χ2n) is 4.85. The zero-order valence-electron chi connectivity index (χ0n) is 12.0. The van der Waals surface area contributed by atoms with Gasteiger partial charge < -0.3 is 10.1 Å². The number of methoxy groups -OCH3 is 1. The number of benzene rings is 1. The number of aryl methyl sites for hydroxylation is 1. The molecule has 0 saturated carbocycles. The number of rotatable bonds is 7. The second kappa shape index (κ2) is 7.36. The van der Waals surface area contributed by atoms with E-state index in [0.717, 1.165) is 0 Å². The summed E-state index contributed by atoms with van der Waals surface area (Å²) in [4.78, 5) is 22.0. The molecule has 0 aliphatic heterocycles. The topological polar surface area (TPSA) is 105 Å². The van der Waals surface area contributed by atoms with Gasteiger partial charge in [-0.2, -0.15) is 5.26 Å². The molecule has 0 aromatic heterocycles. The number of carbonyl (C=O) groups excluding carboxylic acids is 1. The first-order valence-corrected chi connectivity index (χ1v) is 6.35. The Labute approximate surface area is 122 Å². The number of non-ortho nitro benzene ring substituents is 1. The van der Waals surface area contributed by atoms with E-state index >= 15 is 0 Å². The first-order chi connectivity index (χ1) is 9.90. The van der Waals surface area contributed by atoms with E-state index in [0.29, 0.717) is 12.0 Å². The van der Waals surface area contributed by atoms with Crippen LogP contribution in [-0.4, -0.2) is 30.1 Å². The van der Waals surface area contributed by atoms with E-state index in [-0.39, 0.29) is 24.6 Å². The van der Waals surface area contributed by atoms with Crippen LogP contribution in [-0.2, 0) is 16.0 Å². The van der Waals surface area contributed by atoms with E-state index in [4.69, 9.17) is 10.00 Å². The molecular weight excluding hydrogens is 274 g/mol. The predicted molar refractivity (Wildman–Crippen MR) is 75.5 cm³/mol. The minimum atomic E-state index is -1.07. The molecular formula is C14H17N3O4. The summed E-state index contributed by atoms with van der Waals surface area (Å²) in [6.45, 7) is 1.66. The van der Waals surface area contributed by atoms with Crippen LogP contribution in [0.4, 0.5) is 5.69 Å². The Hall–Kier alpha value is -2.46. The number of ether oxygens (including phenoxy) is 1. The first-order valence-electron chi connectivity index (χ1n) is 6.35. The molecule has 0 aliphatic carbocycles. The van der Waals surface area contributed by atoms with Crippen molar-refractivity contribution < 1.29 is 14.5 Å². The van der Waals surface area contributed by atoms with Gasteiger partial charge >= 0.3 is 0 Å². The van der Waals surface area contributed by atoms with Crippen LogP contribution in [0.25, 0.3) is 0 Å². The molecule has 0 fully saturated rings. The fourth-order valence-corrected chi connectivity index (χ4v) is 1.84. The number of hydrogen-bond donors (Lipinski definition) is 1. The number of carbonyl (C=O) groups is 1. The Balaban J connectivity index is 2.59. The molecule has 1 atom stereocenters. The van der Waals surface area contributed by atoms with Crippen molar-refractivity contribution in [2.75, 3.05) is 13.7 Å². The maximum Gasteiger partial charge on any atom is 0.269 e. The van der Waals surface area contributed by atoms with Crippen LogP contribution in [0.5, 0.6) is 0 Å². The minimum absolute atomic E-state index is 0.00541. The van der Waals surface area contributed by atoms with Crippen LogP contribution in [0.15, 0.2) is 24.3 Å². The van der Waals surface area contributed by atoms with E-state index in [9.17, 15) is 14.9 Å². The Bertz CT molecular complexity index is 568. The Morgan fingerprint density at radius 1 is 1.57 bits per heavy atom. The SMILES string of the molecule is COC[C@@](C)(C#N)NC(=O)CCc1cccc([N+](=O)[O-])c1. The van der Waals surface area contributed by atoms with Gasteiger partial charge in [-0.15, -0.1) is 0 Å². The van der Waals surface area contributed by atoms with Gasteiger partial charge in [-0.05, 0) is 18.9 Å². The van der Waals surface area contributed by atoms with E-state index < -0.39 is 10.5 Å². The number of nitrogens with one attached hydrogen (secondary N) is 1. The van der Waals surface area contributed by atoms with Crippen molar-refractivity contribution in [1.82, 2.24) is 5.32 Å². The van der Waals surface area contributed by atoms with Gasteiger partial charge in [0.2, 0.25) is 5.91 Å². The number of nitro groups is 1. The molecule has 0 radical (unpaired) electrons. The molecule has 1 amide bonds. The van der Waals surface area contributed by atoms with E-state index in [1.54, 1.807) is 19.1 Å². The smallest absolute Gasteiger partial charge is 0.269 e. The van der Waals surface area contributed by atoms with Crippen LogP contribution in [0.2, 0.25) is 0 Å². The molecule has 0 aliphatic rings. The van der Waals surface area contributed by atoms with Crippen LogP contribution in [0.3, 0.4) is 0 Å². The monoisotopic (exact) mass is 291 g/mol. The van der Waals surface area contributed by atoms with Crippen LogP contribution in [0.1, 0.15) is 18.9 Å². The van der Waals surface area contributed by atoms with Gasteiger partial charge in [0.05, 0.1) is 17.6 Å². The van der Waals surface area contributed by atoms with Crippen molar-refractivity contribution in [3.63, 3.8) is 0 Å². The van der Waals surface area contributed by atoms with Crippen LogP contribution >= 0.6 is 0 Å². The van der Waals surface area contributed by atoms with Crippen molar-refractivity contribution in [3.8, 4) is 6.07 Å². The molecule has 0 heterocycles. The summed E-state index contributed by atoms with van der Waals surface area (Å²) in [5.74, 6) is -0.303. The van der Waals surface area contributed by atoms with Crippen molar-refractivity contribution in [2.24, 2.45) is 0 Å². The molecule has 0 spiro atoms. The molecule has 1 rings (SSSR count). The molecule has 0 saturated heterocycles. The summed E-state index contributed by atoms with van der Waals surface area (Å²) in [6, 6.07) is 8.12. The summed E-state index contributed by atoms with van der Waals surface area (Å²) in [5, 5.41) is 22.3. The van der Waals surface area contributed by atoms with Gasteiger partial charge in [0, 0.05) is 25.7 Å². The predicted octanol–water partition coefficient (Wildman–Crippen LogP) is 1.57. The largest absolute Gasteiger partial charge is 0.381 e. The van der Waals surface area contributed by atoms with Gasteiger partial charge in [0.25, 0.3) is 5.69 Å². The van der Waals surface area contributed by atoms with Gasteiger partial charge in [-0.1, -0.05) is 12.1 Å². The van der Waals surface area contributed by atoms with E-state index in [1.807, 2.05) is 6.07 Å². The highest BCUT2D eigenvalue weighted by atomic mass is 16.6. The lowest BCUT2D eigenvalue weighted by atomic mass is 10.0. The molecule has 7 heteroatoms. The summed E-state index contributed by atoms with van der Waals surface area (Å²) in [6.07, 6.45) is 0.504. The van der Waals surface area contributed by atoms with Crippen molar-refractivity contribution >= 4 is 11.6 Å². The number of hydrogen-bond acceptors (Lipinski definition) is 5. The van der Waals surface area contributed by atoms with Gasteiger partial charge in [0.1, 0.15) is 5.54 Å². The maximum absolute atomic E-state index is 11.8. The molecule has 1 aromatic rings. The standard InChI is InChI=1S/C14H17N3O4/c1-14(9-15,10-21-2)16-13(18)7-6-11-4-3-5-12(8-11)17(19)20/h3-5,8H,6-7,10H2,1-2H3,(H,16,18)/t14-/m1/s1. The highest BCUT2D eigenvalue weighted by molar-refractivity contribution is 5.77. The fourth-order valence-electron chi connectivity index (χ4n) is 1.84. The molecule has 1 aromatic carbocycles. The van der Waals surface area contributed by atoms with E-state index in [1.165, 1.54) is 19.2 Å². The zero-order chi connectivity index (χ0) is 15.9.